The van der Waals surface area contributed by atoms with Gasteiger partial charge in [-0.2, -0.15) is 0 Å². The quantitative estimate of drug-likeness (QED) is 0.798. The lowest BCUT2D eigenvalue weighted by atomic mass is 10.0. The average Bonchev–Trinajstić information content (AvgIpc) is 2.72. The van der Waals surface area contributed by atoms with Gasteiger partial charge in [0.15, 0.2) is 18.1 Å². The first-order valence-corrected chi connectivity index (χ1v) is 8.95. The molecule has 1 aliphatic rings. The third kappa shape index (κ3) is 4.35. The Bertz CT molecular complexity index is 729. The number of hydrogen-bond acceptors (Lipinski definition) is 4. The van der Waals surface area contributed by atoms with E-state index in [-0.39, 0.29) is 18.6 Å². The number of para-hydroxylation sites is 2. The molecule has 2 aromatic rings. The fourth-order valence-corrected chi connectivity index (χ4v) is 3.01. The molecule has 0 aromatic heterocycles. The number of aryl methyl sites for hydroxylation is 1. The first-order valence-electron chi connectivity index (χ1n) is 8.95. The summed E-state index contributed by atoms with van der Waals surface area (Å²) < 4.78 is 16.8. The number of nitrogens with zero attached hydrogens (tertiary/aromatic N) is 1. The summed E-state index contributed by atoms with van der Waals surface area (Å²) in [4.78, 5) is 14.4. The van der Waals surface area contributed by atoms with E-state index < -0.39 is 0 Å². The normalized spacial score (nSPS) is 17.0. The summed E-state index contributed by atoms with van der Waals surface area (Å²) in [5.41, 5.74) is 2.40. The van der Waals surface area contributed by atoms with Crippen molar-refractivity contribution in [2.75, 3.05) is 33.4 Å². The standard InChI is InChI=1S/C21H25NO4/c1-3-16-8-10-17(11-9-16)20-14-22(12-13-25-20)21(23)15-26-19-7-5-4-6-18(19)24-2/h4-11,20H,3,12-15H2,1-2H3. The number of ether oxygens (including phenoxy) is 3. The molecule has 1 fully saturated rings. The van der Waals surface area contributed by atoms with Crippen LogP contribution in [0.3, 0.4) is 0 Å². The molecule has 0 aliphatic carbocycles. The maximum atomic E-state index is 12.6. The molecular weight excluding hydrogens is 330 g/mol. The number of amides is 1. The van der Waals surface area contributed by atoms with Crippen LogP contribution in [0, 0.1) is 0 Å². The molecule has 5 nitrogen and oxygen atoms in total. The van der Waals surface area contributed by atoms with Gasteiger partial charge in [0.1, 0.15) is 6.10 Å². The van der Waals surface area contributed by atoms with Crippen molar-refractivity contribution in [2.45, 2.75) is 19.4 Å². The number of carbonyl (C=O) groups excluding carboxylic acids is 1. The third-order valence-corrected chi connectivity index (χ3v) is 4.60. The Labute approximate surface area is 154 Å². The van der Waals surface area contributed by atoms with Crippen LogP contribution in [0.1, 0.15) is 24.2 Å². The largest absolute Gasteiger partial charge is 0.493 e. The second-order valence-electron chi connectivity index (χ2n) is 6.23. The SMILES string of the molecule is CCc1ccc(C2CN(C(=O)COc3ccccc3OC)CCO2)cc1. The van der Waals surface area contributed by atoms with Gasteiger partial charge in [-0.3, -0.25) is 4.79 Å². The van der Waals surface area contributed by atoms with Gasteiger partial charge in [0.2, 0.25) is 0 Å². The maximum absolute atomic E-state index is 12.6. The molecule has 0 saturated carbocycles. The van der Waals surface area contributed by atoms with Crippen molar-refractivity contribution < 1.29 is 19.0 Å². The van der Waals surface area contributed by atoms with Crippen LogP contribution in [-0.2, 0) is 16.0 Å². The zero-order valence-corrected chi connectivity index (χ0v) is 15.3. The minimum atomic E-state index is -0.0927. The Balaban J connectivity index is 1.58. The molecule has 1 atom stereocenters. The molecule has 1 aliphatic heterocycles. The number of carbonyl (C=O) groups is 1. The highest BCUT2D eigenvalue weighted by atomic mass is 16.5. The molecule has 138 valence electrons. The summed E-state index contributed by atoms with van der Waals surface area (Å²) in [6.07, 6.45) is 0.918. The van der Waals surface area contributed by atoms with E-state index in [1.165, 1.54) is 5.56 Å². The molecule has 3 rings (SSSR count). The molecule has 0 radical (unpaired) electrons. The minimum Gasteiger partial charge on any atom is -0.493 e. The summed E-state index contributed by atoms with van der Waals surface area (Å²) in [7, 11) is 1.58. The van der Waals surface area contributed by atoms with Gasteiger partial charge in [0.25, 0.3) is 5.91 Å². The van der Waals surface area contributed by atoms with E-state index >= 15 is 0 Å². The van der Waals surface area contributed by atoms with Gasteiger partial charge in [-0.15, -0.1) is 0 Å². The second kappa shape index (κ2) is 8.72. The van der Waals surface area contributed by atoms with Crippen LogP contribution in [0.4, 0.5) is 0 Å². The Morgan fingerprint density at radius 3 is 2.58 bits per heavy atom. The van der Waals surface area contributed by atoms with Crippen molar-refractivity contribution >= 4 is 5.91 Å². The molecule has 1 amide bonds. The molecule has 1 heterocycles. The van der Waals surface area contributed by atoms with Crippen LogP contribution in [0.15, 0.2) is 48.5 Å². The Kier molecular flexibility index (Phi) is 6.12. The summed E-state index contributed by atoms with van der Waals surface area (Å²) >= 11 is 0. The fourth-order valence-electron chi connectivity index (χ4n) is 3.01. The summed E-state index contributed by atoms with van der Waals surface area (Å²) in [6.45, 7) is 3.77. The summed E-state index contributed by atoms with van der Waals surface area (Å²) in [5.74, 6) is 1.15. The van der Waals surface area contributed by atoms with E-state index in [0.29, 0.717) is 31.2 Å². The van der Waals surface area contributed by atoms with Crippen LogP contribution >= 0.6 is 0 Å². The number of benzene rings is 2. The van der Waals surface area contributed by atoms with Gasteiger partial charge in [-0.1, -0.05) is 43.3 Å². The molecule has 1 unspecified atom stereocenters. The van der Waals surface area contributed by atoms with E-state index in [4.69, 9.17) is 14.2 Å². The van der Waals surface area contributed by atoms with E-state index in [0.717, 1.165) is 12.0 Å². The number of hydrogen-bond donors (Lipinski definition) is 0. The zero-order valence-electron chi connectivity index (χ0n) is 15.3. The lowest BCUT2D eigenvalue weighted by Gasteiger charge is -2.33. The average molecular weight is 355 g/mol. The van der Waals surface area contributed by atoms with E-state index in [9.17, 15) is 4.79 Å². The second-order valence-corrected chi connectivity index (χ2v) is 6.23. The molecule has 26 heavy (non-hydrogen) atoms. The maximum Gasteiger partial charge on any atom is 0.260 e. The number of morpholine rings is 1. The van der Waals surface area contributed by atoms with Crippen LogP contribution < -0.4 is 9.47 Å². The molecule has 2 aromatic carbocycles. The lowest BCUT2D eigenvalue weighted by molar-refractivity contribution is -0.141. The van der Waals surface area contributed by atoms with Crippen molar-refractivity contribution in [1.29, 1.82) is 0 Å². The number of rotatable bonds is 6. The zero-order chi connectivity index (χ0) is 18.4. The minimum absolute atomic E-state index is 0.0120. The van der Waals surface area contributed by atoms with Gasteiger partial charge in [-0.05, 0) is 29.7 Å². The highest BCUT2D eigenvalue weighted by Gasteiger charge is 2.25. The van der Waals surface area contributed by atoms with Crippen LogP contribution in [0.2, 0.25) is 0 Å². The number of methoxy groups -OCH3 is 1. The van der Waals surface area contributed by atoms with Crippen LogP contribution in [-0.4, -0.2) is 44.2 Å². The van der Waals surface area contributed by atoms with Crippen molar-refractivity contribution in [2.24, 2.45) is 0 Å². The Hall–Kier alpha value is -2.53. The van der Waals surface area contributed by atoms with Crippen molar-refractivity contribution in [1.82, 2.24) is 4.90 Å². The van der Waals surface area contributed by atoms with Gasteiger partial charge in [0.05, 0.1) is 20.3 Å². The molecule has 5 heteroatoms. The fraction of sp³-hybridized carbons (Fsp3) is 0.381. The molecule has 1 saturated heterocycles. The van der Waals surface area contributed by atoms with Crippen molar-refractivity contribution in [3.05, 3.63) is 59.7 Å². The van der Waals surface area contributed by atoms with E-state index in [1.807, 2.05) is 18.2 Å². The first kappa shape index (κ1) is 18.3. The molecule has 0 N–H and O–H groups in total. The summed E-state index contributed by atoms with van der Waals surface area (Å²) in [5, 5.41) is 0. The van der Waals surface area contributed by atoms with Gasteiger partial charge < -0.3 is 19.1 Å². The van der Waals surface area contributed by atoms with Gasteiger partial charge >= 0.3 is 0 Å². The predicted molar refractivity (Wildman–Crippen MR) is 99.6 cm³/mol. The topological polar surface area (TPSA) is 48.0 Å². The lowest BCUT2D eigenvalue weighted by Crippen LogP contribution is -2.44. The first-order chi connectivity index (χ1) is 12.7. The van der Waals surface area contributed by atoms with Gasteiger partial charge in [-0.25, -0.2) is 0 Å². The third-order valence-electron chi connectivity index (χ3n) is 4.60. The molecule has 0 spiro atoms. The van der Waals surface area contributed by atoms with E-state index in [2.05, 4.69) is 31.2 Å². The van der Waals surface area contributed by atoms with Crippen LogP contribution in [0.5, 0.6) is 11.5 Å². The molecular formula is C21H25NO4. The van der Waals surface area contributed by atoms with E-state index in [1.54, 1.807) is 18.1 Å². The highest BCUT2D eigenvalue weighted by molar-refractivity contribution is 5.78. The Morgan fingerprint density at radius 1 is 1.15 bits per heavy atom. The Morgan fingerprint density at radius 2 is 1.88 bits per heavy atom. The van der Waals surface area contributed by atoms with Crippen LogP contribution in [0.25, 0.3) is 0 Å². The highest BCUT2D eigenvalue weighted by Crippen LogP contribution is 2.26. The van der Waals surface area contributed by atoms with Gasteiger partial charge in [0, 0.05) is 6.54 Å². The smallest absolute Gasteiger partial charge is 0.260 e. The summed E-state index contributed by atoms with van der Waals surface area (Å²) in [6, 6.07) is 15.7. The molecule has 0 bridgehead atoms. The van der Waals surface area contributed by atoms with Crippen molar-refractivity contribution in [3.8, 4) is 11.5 Å². The monoisotopic (exact) mass is 355 g/mol. The predicted octanol–water partition coefficient (Wildman–Crippen LogP) is 3.24. The van der Waals surface area contributed by atoms with Crippen molar-refractivity contribution in [3.63, 3.8) is 0 Å².